The van der Waals surface area contributed by atoms with Gasteiger partial charge in [0.05, 0.1) is 5.54 Å². The summed E-state index contributed by atoms with van der Waals surface area (Å²) in [7, 11) is 0. The molecular formula is C26H36ClN3O2. The highest BCUT2D eigenvalue weighted by Gasteiger charge is 2.32. The first kappa shape index (κ1) is 25.9. The molecule has 1 aliphatic rings. The van der Waals surface area contributed by atoms with E-state index in [0.717, 1.165) is 38.8 Å². The third-order valence-corrected chi connectivity index (χ3v) is 6.07. The number of carbonyl (C=O) groups is 2. The Hall–Kier alpha value is -2.37. The highest BCUT2D eigenvalue weighted by molar-refractivity contribution is 5.91. The van der Waals surface area contributed by atoms with Crippen molar-refractivity contribution in [3.63, 3.8) is 0 Å². The molecule has 1 unspecified atom stereocenters. The van der Waals surface area contributed by atoms with Gasteiger partial charge in [0.25, 0.3) is 0 Å². The van der Waals surface area contributed by atoms with E-state index in [0.29, 0.717) is 12.3 Å². The molecule has 174 valence electrons. The summed E-state index contributed by atoms with van der Waals surface area (Å²) in [6, 6.07) is 20.2. The van der Waals surface area contributed by atoms with Crippen LogP contribution in [0.3, 0.4) is 0 Å². The van der Waals surface area contributed by atoms with Crippen molar-refractivity contribution in [2.45, 2.75) is 63.5 Å². The summed E-state index contributed by atoms with van der Waals surface area (Å²) in [4.78, 5) is 27.8. The fourth-order valence-electron chi connectivity index (χ4n) is 4.14. The Labute approximate surface area is 198 Å². The number of hydrogen-bond donors (Lipinski definition) is 2. The summed E-state index contributed by atoms with van der Waals surface area (Å²) in [6.07, 6.45) is 4.20. The lowest BCUT2D eigenvalue weighted by atomic mass is 9.89. The fraction of sp³-hybridized carbons (Fsp3) is 0.462. The average Bonchev–Trinajstić information content (AvgIpc) is 2.78. The third kappa shape index (κ3) is 7.35. The molecule has 1 heterocycles. The van der Waals surface area contributed by atoms with Crippen LogP contribution in [0.25, 0.3) is 0 Å². The Balaban J connectivity index is 0.00000363. The minimum Gasteiger partial charge on any atom is -0.343 e. The predicted octanol–water partition coefficient (Wildman–Crippen LogP) is 4.06. The topological polar surface area (TPSA) is 75.4 Å². The fourth-order valence-corrected chi connectivity index (χ4v) is 4.14. The molecule has 0 saturated carbocycles. The van der Waals surface area contributed by atoms with E-state index >= 15 is 0 Å². The molecule has 3 N–H and O–H groups in total. The average molecular weight is 458 g/mol. The van der Waals surface area contributed by atoms with E-state index < -0.39 is 11.6 Å². The summed E-state index contributed by atoms with van der Waals surface area (Å²) in [5, 5.41) is 2.93. The zero-order chi connectivity index (χ0) is 22.3. The normalized spacial score (nSPS) is 15.5. The lowest BCUT2D eigenvalue weighted by molar-refractivity contribution is -0.138. The number of aryl methyl sites for hydroxylation is 1. The van der Waals surface area contributed by atoms with Crippen molar-refractivity contribution >= 4 is 24.2 Å². The number of benzene rings is 2. The Bertz CT molecular complexity index is 844. The maximum absolute atomic E-state index is 13.3. The summed E-state index contributed by atoms with van der Waals surface area (Å²) in [5.41, 5.74) is 7.53. The highest BCUT2D eigenvalue weighted by Crippen LogP contribution is 2.28. The van der Waals surface area contributed by atoms with Crippen LogP contribution in [0, 0.1) is 0 Å². The van der Waals surface area contributed by atoms with Crippen LogP contribution in [0.4, 0.5) is 0 Å². The van der Waals surface area contributed by atoms with Gasteiger partial charge in [-0.05, 0) is 63.0 Å². The number of hydrogen-bond acceptors (Lipinski definition) is 3. The smallest absolute Gasteiger partial charge is 0.245 e. The molecule has 2 aromatic rings. The quantitative estimate of drug-likeness (QED) is 0.627. The van der Waals surface area contributed by atoms with Gasteiger partial charge >= 0.3 is 0 Å². The summed E-state index contributed by atoms with van der Waals surface area (Å²) in [6.45, 7) is 4.77. The zero-order valence-corrected chi connectivity index (χ0v) is 19.9. The highest BCUT2D eigenvalue weighted by atomic mass is 35.5. The summed E-state index contributed by atoms with van der Waals surface area (Å²) in [5.74, 6) is 0.209. The number of nitrogens with zero attached hydrogens (tertiary/aromatic N) is 1. The minimum atomic E-state index is -1.02. The number of carbonyl (C=O) groups excluding carboxylic acids is 2. The van der Waals surface area contributed by atoms with Gasteiger partial charge in [-0.25, -0.2) is 0 Å². The molecule has 0 spiro atoms. The number of halogens is 1. The van der Waals surface area contributed by atoms with Crippen LogP contribution in [0.5, 0.6) is 0 Å². The first-order chi connectivity index (χ1) is 14.8. The van der Waals surface area contributed by atoms with Crippen molar-refractivity contribution in [3.05, 3.63) is 71.8 Å². The van der Waals surface area contributed by atoms with Gasteiger partial charge < -0.3 is 16.0 Å². The maximum atomic E-state index is 13.3. The molecule has 1 atom stereocenters. The van der Waals surface area contributed by atoms with Gasteiger partial charge in [0.15, 0.2) is 0 Å². The summed E-state index contributed by atoms with van der Waals surface area (Å²) >= 11 is 0. The molecule has 2 amide bonds. The van der Waals surface area contributed by atoms with Gasteiger partial charge in [-0.15, -0.1) is 12.4 Å². The van der Waals surface area contributed by atoms with E-state index in [1.54, 1.807) is 13.8 Å². The zero-order valence-electron chi connectivity index (χ0n) is 19.1. The van der Waals surface area contributed by atoms with E-state index in [4.69, 9.17) is 5.73 Å². The molecule has 1 saturated heterocycles. The van der Waals surface area contributed by atoms with Gasteiger partial charge in [-0.3, -0.25) is 9.59 Å². The van der Waals surface area contributed by atoms with E-state index in [9.17, 15) is 9.59 Å². The molecule has 32 heavy (non-hydrogen) atoms. The van der Waals surface area contributed by atoms with Crippen molar-refractivity contribution in [3.8, 4) is 0 Å². The number of nitrogens with two attached hydrogens (primary N) is 1. The molecule has 0 bridgehead atoms. The van der Waals surface area contributed by atoms with E-state index in [1.807, 2.05) is 29.2 Å². The molecule has 0 aromatic heterocycles. The largest absolute Gasteiger partial charge is 0.343 e. The van der Waals surface area contributed by atoms with Crippen molar-refractivity contribution in [1.82, 2.24) is 10.2 Å². The van der Waals surface area contributed by atoms with E-state index in [1.165, 1.54) is 11.1 Å². The molecule has 0 aliphatic carbocycles. The van der Waals surface area contributed by atoms with Crippen LogP contribution in [-0.2, 0) is 16.0 Å². The summed E-state index contributed by atoms with van der Waals surface area (Å²) < 4.78 is 0. The number of rotatable bonds is 8. The van der Waals surface area contributed by atoms with Gasteiger partial charge in [0.2, 0.25) is 11.8 Å². The monoisotopic (exact) mass is 457 g/mol. The van der Waals surface area contributed by atoms with Gasteiger partial charge in [-0.1, -0.05) is 60.7 Å². The number of amides is 2. The Morgan fingerprint density at radius 1 is 1.03 bits per heavy atom. The van der Waals surface area contributed by atoms with E-state index in [2.05, 4.69) is 41.7 Å². The third-order valence-electron chi connectivity index (χ3n) is 6.07. The standard InChI is InChI=1S/C26H35N3O2.ClH/c1-26(2,27)25(31)28-23(15-9-12-20-10-5-3-6-11-20)24(30)29-18-16-22(17-19-29)21-13-7-4-8-14-21;/h3-8,10-11,13-14,22-23H,9,12,15-19,27H2,1-2H3,(H,28,31);1H. The first-order valence-corrected chi connectivity index (χ1v) is 11.3. The van der Waals surface area contributed by atoms with Crippen molar-refractivity contribution in [2.75, 3.05) is 13.1 Å². The Kier molecular flexibility index (Phi) is 9.73. The number of likely N-dealkylation sites (tertiary alicyclic amines) is 1. The second kappa shape index (κ2) is 12.0. The lowest BCUT2D eigenvalue weighted by Crippen LogP contribution is -2.57. The van der Waals surface area contributed by atoms with Gasteiger partial charge in [-0.2, -0.15) is 0 Å². The van der Waals surface area contributed by atoms with Gasteiger partial charge in [0, 0.05) is 13.1 Å². The first-order valence-electron chi connectivity index (χ1n) is 11.3. The lowest BCUT2D eigenvalue weighted by Gasteiger charge is -2.35. The molecule has 5 nitrogen and oxygen atoms in total. The molecule has 2 aromatic carbocycles. The van der Waals surface area contributed by atoms with Crippen LogP contribution in [0.1, 0.15) is 56.6 Å². The molecule has 1 fully saturated rings. The van der Waals surface area contributed by atoms with Crippen molar-refractivity contribution < 1.29 is 9.59 Å². The van der Waals surface area contributed by atoms with Crippen LogP contribution in [-0.4, -0.2) is 41.4 Å². The van der Waals surface area contributed by atoms with Crippen molar-refractivity contribution in [2.24, 2.45) is 5.73 Å². The van der Waals surface area contributed by atoms with Crippen LogP contribution >= 0.6 is 12.4 Å². The van der Waals surface area contributed by atoms with Crippen LogP contribution in [0.2, 0.25) is 0 Å². The van der Waals surface area contributed by atoms with Crippen LogP contribution in [0.15, 0.2) is 60.7 Å². The van der Waals surface area contributed by atoms with Gasteiger partial charge in [0.1, 0.15) is 6.04 Å². The number of nitrogens with one attached hydrogen (secondary N) is 1. The van der Waals surface area contributed by atoms with E-state index in [-0.39, 0.29) is 24.2 Å². The second-order valence-corrected chi connectivity index (χ2v) is 9.14. The Morgan fingerprint density at radius 2 is 1.59 bits per heavy atom. The SMILES string of the molecule is CC(C)(N)C(=O)NC(CCCc1ccccc1)C(=O)N1CCC(c2ccccc2)CC1.Cl. The van der Waals surface area contributed by atoms with Crippen LogP contribution < -0.4 is 11.1 Å². The van der Waals surface area contributed by atoms with Crippen molar-refractivity contribution in [1.29, 1.82) is 0 Å². The second-order valence-electron chi connectivity index (χ2n) is 9.14. The molecule has 0 radical (unpaired) electrons. The Morgan fingerprint density at radius 3 is 2.16 bits per heavy atom. The molecule has 6 heteroatoms. The maximum Gasteiger partial charge on any atom is 0.245 e. The molecule has 1 aliphatic heterocycles. The molecular weight excluding hydrogens is 422 g/mol. The molecule has 3 rings (SSSR count). The number of piperidine rings is 1. The minimum absolute atomic E-state index is 0. The predicted molar refractivity (Wildman–Crippen MR) is 132 cm³/mol.